The van der Waals surface area contributed by atoms with Crippen LogP contribution in [0.15, 0.2) is 37.2 Å². The maximum atomic E-state index is 4.09. The van der Waals surface area contributed by atoms with Crippen LogP contribution >= 0.6 is 0 Å². The predicted molar refractivity (Wildman–Crippen MR) is 55.2 cm³/mol. The zero-order valence-corrected chi connectivity index (χ0v) is 8.20. The van der Waals surface area contributed by atoms with Crippen LogP contribution in [0.25, 0.3) is 16.9 Å². The highest BCUT2D eigenvalue weighted by Crippen LogP contribution is 2.21. The molecule has 3 heterocycles. The molecule has 0 unspecified atom stereocenters. The Hall–Kier alpha value is -2.17. The number of hydrogen-bond acceptors (Lipinski definition) is 3. The van der Waals surface area contributed by atoms with Gasteiger partial charge in [0.25, 0.3) is 0 Å². The van der Waals surface area contributed by atoms with Gasteiger partial charge >= 0.3 is 0 Å². The van der Waals surface area contributed by atoms with Crippen LogP contribution in [-0.2, 0) is 7.05 Å². The average Bonchev–Trinajstić information content (AvgIpc) is 2.85. The summed E-state index contributed by atoms with van der Waals surface area (Å²) in [6.07, 6.45) is 7.21. The second-order valence-corrected chi connectivity index (χ2v) is 3.37. The van der Waals surface area contributed by atoms with E-state index in [1.54, 1.807) is 12.7 Å². The van der Waals surface area contributed by atoms with Crippen LogP contribution in [0.3, 0.4) is 0 Å². The molecular weight excluding hydrogens is 190 g/mol. The number of hydrogen-bond donors (Lipinski definition) is 0. The second kappa shape index (κ2) is 2.91. The Morgan fingerprint density at radius 1 is 1.27 bits per heavy atom. The molecule has 0 aliphatic rings. The summed E-state index contributed by atoms with van der Waals surface area (Å²) in [6.45, 7) is 0. The molecule has 74 valence electrons. The molecular formula is C10H9N5. The normalized spacial score (nSPS) is 11.0. The van der Waals surface area contributed by atoms with E-state index in [-0.39, 0.29) is 0 Å². The second-order valence-electron chi connectivity index (χ2n) is 3.37. The van der Waals surface area contributed by atoms with Gasteiger partial charge in [0.15, 0.2) is 5.65 Å². The Morgan fingerprint density at radius 2 is 2.20 bits per heavy atom. The van der Waals surface area contributed by atoms with Gasteiger partial charge < -0.3 is 4.57 Å². The van der Waals surface area contributed by atoms with Crippen molar-refractivity contribution in [2.75, 3.05) is 0 Å². The fourth-order valence-electron chi connectivity index (χ4n) is 1.67. The van der Waals surface area contributed by atoms with E-state index in [9.17, 15) is 0 Å². The Balaban J connectivity index is 2.36. The number of fused-ring (bicyclic) bond motifs is 1. The minimum absolute atomic E-state index is 0.848. The summed E-state index contributed by atoms with van der Waals surface area (Å²) >= 11 is 0. The lowest BCUT2D eigenvalue weighted by Crippen LogP contribution is -1.92. The Bertz CT molecular complexity index is 607. The van der Waals surface area contributed by atoms with Gasteiger partial charge in [0.05, 0.1) is 18.2 Å². The molecule has 0 amide bonds. The first-order valence-electron chi connectivity index (χ1n) is 4.61. The first-order chi connectivity index (χ1) is 7.36. The lowest BCUT2D eigenvalue weighted by Gasteiger charge is -2.02. The Morgan fingerprint density at radius 3 is 3.00 bits per heavy atom. The van der Waals surface area contributed by atoms with Crippen molar-refractivity contribution in [1.29, 1.82) is 0 Å². The molecule has 5 heteroatoms. The van der Waals surface area contributed by atoms with Crippen LogP contribution in [0, 0.1) is 0 Å². The highest BCUT2D eigenvalue weighted by atomic mass is 15.2. The SMILES string of the molecule is Cn1cncc1-c1cccn2cnnc12. The van der Waals surface area contributed by atoms with Crippen LogP contribution in [0.5, 0.6) is 0 Å². The fourth-order valence-corrected chi connectivity index (χ4v) is 1.67. The molecule has 0 aliphatic heterocycles. The van der Waals surface area contributed by atoms with Crippen molar-refractivity contribution in [3.8, 4) is 11.3 Å². The molecule has 3 aromatic heterocycles. The molecule has 0 radical (unpaired) electrons. The summed E-state index contributed by atoms with van der Waals surface area (Å²) < 4.78 is 3.85. The van der Waals surface area contributed by atoms with Gasteiger partial charge in [0.1, 0.15) is 6.33 Å². The third-order valence-corrected chi connectivity index (χ3v) is 2.42. The van der Waals surface area contributed by atoms with Crippen molar-refractivity contribution in [2.24, 2.45) is 7.05 Å². The van der Waals surface area contributed by atoms with Crippen LogP contribution in [0.2, 0.25) is 0 Å². The van der Waals surface area contributed by atoms with E-state index in [4.69, 9.17) is 0 Å². The number of pyridine rings is 1. The van der Waals surface area contributed by atoms with Gasteiger partial charge in [-0.2, -0.15) is 0 Å². The van der Waals surface area contributed by atoms with Crippen LogP contribution in [-0.4, -0.2) is 24.1 Å². The zero-order valence-electron chi connectivity index (χ0n) is 8.20. The number of nitrogens with zero attached hydrogens (tertiary/aromatic N) is 5. The van der Waals surface area contributed by atoms with Gasteiger partial charge in [0.2, 0.25) is 0 Å². The lowest BCUT2D eigenvalue weighted by atomic mass is 10.2. The molecule has 0 aromatic carbocycles. The smallest absolute Gasteiger partial charge is 0.170 e. The van der Waals surface area contributed by atoms with E-state index in [0.29, 0.717) is 0 Å². The van der Waals surface area contributed by atoms with Crippen molar-refractivity contribution in [2.45, 2.75) is 0 Å². The molecule has 0 N–H and O–H groups in total. The van der Waals surface area contributed by atoms with Crippen molar-refractivity contribution < 1.29 is 0 Å². The summed E-state index contributed by atoms with van der Waals surface area (Å²) in [4.78, 5) is 4.09. The molecule has 0 atom stereocenters. The van der Waals surface area contributed by atoms with E-state index in [1.165, 1.54) is 0 Å². The number of aromatic nitrogens is 5. The van der Waals surface area contributed by atoms with E-state index < -0.39 is 0 Å². The third-order valence-electron chi connectivity index (χ3n) is 2.42. The van der Waals surface area contributed by atoms with Crippen LogP contribution < -0.4 is 0 Å². The molecule has 0 saturated heterocycles. The molecule has 15 heavy (non-hydrogen) atoms. The number of rotatable bonds is 1. The minimum atomic E-state index is 0.848. The Labute approximate surface area is 86.0 Å². The molecule has 0 fully saturated rings. The largest absolute Gasteiger partial charge is 0.334 e. The third kappa shape index (κ3) is 1.13. The quantitative estimate of drug-likeness (QED) is 0.590. The van der Waals surface area contributed by atoms with Gasteiger partial charge in [-0.15, -0.1) is 10.2 Å². The summed E-state index contributed by atoms with van der Waals surface area (Å²) in [5.41, 5.74) is 2.92. The summed E-state index contributed by atoms with van der Waals surface area (Å²) in [5, 5.41) is 7.97. The summed E-state index contributed by atoms with van der Waals surface area (Å²) in [6, 6.07) is 3.99. The number of imidazole rings is 1. The molecule has 3 rings (SSSR count). The monoisotopic (exact) mass is 199 g/mol. The molecule has 0 spiro atoms. The predicted octanol–water partition coefficient (Wildman–Crippen LogP) is 1.13. The van der Waals surface area contributed by atoms with E-state index in [2.05, 4.69) is 15.2 Å². The molecule has 0 aliphatic carbocycles. The van der Waals surface area contributed by atoms with Gasteiger partial charge in [-0.3, -0.25) is 4.40 Å². The van der Waals surface area contributed by atoms with Crippen molar-refractivity contribution in [3.63, 3.8) is 0 Å². The zero-order chi connectivity index (χ0) is 10.3. The van der Waals surface area contributed by atoms with Gasteiger partial charge in [-0.1, -0.05) is 0 Å². The van der Waals surface area contributed by atoms with Crippen molar-refractivity contribution >= 4 is 5.65 Å². The van der Waals surface area contributed by atoms with Crippen LogP contribution in [0.1, 0.15) is 0 Å². The van der Waals surface area contributed by atoms with E-state index in [1.807, 2.05) is 40.5 Å². The topological polar surface area (TPSA) is 48.0 Å². The molecule has 0 bridgehead atoms. The average molecular weight is 199 g/mol. The van der Waals surface area contributed by atoms with Gasteiger partial charge in [-0.05, 0) is 12.1 Å². The standard InChI is InChI=1S/C10H9N5/c1-14-6-11-5-9(14)8-3-2-4-15-7-12-13-10(8)15/h2-7H,1H3. The first-order valence-corrected chi connectivity index (χ1v) is 4.61. The Kier molecular flexibility index (Phi) is 1.58. The van der Waals surface area contributed by atoms with Gasteiger partial charge in [0, 0.05) is 18.8 Å². The maximum absolute atomic E-state index is 4.09. The van der Waals surface area contributed by atoms with Crippen molar-refractivity contribution in [1.82, 2.24) is 24.1 Å². The fraction of sp³-hybridized carbons (Fsp3) is 0.100. The molecule has 5 nitrogen and oxygen atoms in total. The van der Waals surface area contributed by atoms with E-state index in [0.717, 1.165) is 16.9 Å². The lowest BCUT2D eigenvalue weighted by molar-refractivity contribution is 0.921. The van der Waals surface area contributed by atoms with E-state index >= 15 is 0 Å². The highest BCUT2D eigenvalue weighted by Gasteiger charge is 2.08. The molecule has 3 aromatic rings. The number of aryl methyl sites for hydroxylation is 1. The molecule has 0 saturated carbocycles. The first kappa shape index (κ1) is 8.16. The maximum Gasteiger partial charge on any atom is 0.170 e. The minimum Gasteiger partial charge on any atom is -0.334 e. The summed E-state index contributed by atoms with van der Waals surface area (Å²) in [5.74, 6) is 0. The van der Waals surface area contributed by atoms with Gasteiger partial charge in [-0.25, -0.2) is 4.98 Å². The highest BCUT2D eigenvalue weighted by molar-refractivity contribution is 5.74. The van der Waals surface area contributed by atoms with Crippen LogP contribution in [0.4, 0.5) is 0 Å². The summed E-state index contributed by atoms with van der Waals surface area (Å²) in [7, 11) is 1.96. The van der Waals surface area contributed by atoms with Crippen molar-refractivity contribution in [3.05, 3.63) is 37.2 Å².